The van der Waals surface area contributed by atoms with Crippen LogP contribution in [0, 0.1) is 0 Å². The van der Waals surface area contributed by atoms with Crippen molar-refractivity contribution in [3.8, 4) is 5.69 Å². The molecular weight excluding hydrogens is 327 g/mol. The van der Waals surface area contributed by atoms with Gasteiger partial charge in [-0.1, -0.05) is 11.3 Å². The van der Waals surface area contributed by atoms with Crippen molar-refractivity contribution in [2.45, 2.75) is 13.1 Å². The molecule has 0 fully saturated rings. The zero-order chi connectivity index (χ0) is 17.3. The molecule has 124 valence electrons. The van der Waals surface area contributed by atoms with Gasteiger partial charge in [0.25, 0.3) is 0 Å². The Kier molecular flexibility index (Phi) is 3.87. The minimum atomic E-state index is -4.60. The molecule has 1 aromatic carbocycles. The molecule has 10 heteroatoms. The van der Waals surface area contributed by atoms with Crippen LogP contribution in [0.3, 0.4) is 0 Å². The van der Waals surface area contributed by atoms with E-state index in [1.807, 2.05) is 0 Å². The standard InChI is InChI=1S/C14H10F3N5O2/c1-2-24-13(23)10-6-8-9(18-19-10)4-3-5-11(8)22-7-12(20-21-22)14(15,16)17/h3-7H,2H2,1H3. The number of fused-ring (bicyclic) bond motifs is 1. The van der Waals surface area contributed by atoms with Crippen LogP contribution in [-0.2, 0) is 10.9 Å². The van der Waals surface area contributed by atoms with Crippen LogP contribution in [0.25, 0.3) is 16.6 Å². The van der Waals surface area contributed by atoms with Gasteiger partial charge in [0.15, 0.2) is 11.4 Å². The Morgan fingerprint density at radius 1 is 1.25 bits per heavy atom. The Balaban J connectivity index is 2.12. The van der Waals surface area contributed by atoms with Crippen LogP contribution in [0.5, 0.6) is 0 Å². The number of carbonyl (C=O) groups excluding carboxylic acids is 1. The number of aromatic nitrogens is 5. The van der Waals surface area contributed by atoms with Gasteiger partial charge in [0.2, 0.25) is 0 Å². The van der Waals surface area contributed by atoms with Gasteiger partial charge >= 0.3 is 12.1 Å². The maximum Gasteiger partial charge on any atom is 0.436 e. The van der Waals surface area contributed by atoms with E-state index in [0.29, 0.717) is 10.9 Å². The maximum atomic E-state index is 12.7. The average Bonchev–Trinajstić information content (AvgIpc) is 3.04. The van der Waals surface area contributed by atoms with Gasteiger partial charge in [-0.05, 0) is 25.1 Å². The van der Waals surface area contributed by atoms with Crippen LogP contribution in [0.15, 0.2) is 30.5 Å². The first-order chi connectivity index (χ1) is 11.4. The molecule has 0 aliphatic carbocycles. The highest BCUT2D eigenvalue weighted by atomic mass is 19.4. The second-order valence-corrected chi connectivity index (χ2v) is 4.71. The summed E-state index contributed by atoms with van der Waals surface area (Å²) in [5.74, 6) is -0.670. The van der Waals surface area contributed by atoms with Gasteiger partial charge < -0.3 is 4.74 Å². The van der Waals surface area contributed by atoms with E-state index in [2.05, 4.69) is 20.5 Å². The van der Waals surface area contributed by atoms with Crippen LogP contribution >= 0.6 is 0 Å². The fourth-order valence-corrected chi connectivity index (χ4v) is 2.07. The Morgan fingerprint density at radius 3 is 2.71 bits per heavy atom. The fourth-order valence-electron chi connectivity index (χ4n) is 2.07. The fraction of sp³-hybridized carbons (Fsp3) is 0.214. The largest absolute Gasteiger partial charge is 0.461 e. The second kappa shape index (κ2) is 5.87. The predicted molar refractivity (Wildman–Crippen MR) is 75.4 cm³/mol. The maximum absolute atomic E-state index is 12.7. The number of alkyl halides is 3. The summed E-state index contributed by atoms with van der Waals surface area (Å²) < 4.78 is 43.9. The lowest BCUT2D eigenvalue weighted by atomic mass is 10.1. The molecule has 3 rings (SSSR count). The molecule has 0 N–H and O–H groups in total. The van der Waals surface area contributed by atoms with Gasteiger partial charge in [0.05, 0.1) is 24.0 Å². The molecule has 3 aromatic rings. The third-order valence-electron chi connectivity index (χ3n) is 3.12. The van der Waals surface area contributed by atoms with Crippen LogP contribution in [-0.4, -0.2) is 37.8 Å². The Bertz CT molecular complexity index is 907. The topological polar surface area (TPSA) is 82.8 Å². The van der Waals surface area contributed by atoms with Crippen LogP contribution < -0.4 is 0 Å². The zero-order valence-electron chi connectivity index (χ0n) is 12.3. The summed E-state index contributed by atoms with van der Waals surface area (Å²) in [7, 11) is 0. The number of rotatable bonds is 3. The molecule has 2 heterocycles. The molecule has 0 saturated heterocycles. The van der Waals surface area contributed by atoms with E-state index in [1.54, 1.807) is 19.1 Å². The van der Waals surface area contributed by atoms with Gasteiger partial charge in [-0.3, -0.25) is 0 Å². The molecule has 0 aliphatic heterocycles. The second-order valence-electron chi connectivity index (χ2n) is 4.71. The van der Waals surface area contributed by atoms with Gasteiger partial charge in [-0.2, -0.15) is 13.2 Å². The molecule has 7 nitrogen and oxygen atoms in total. The molecule has 0 spiro atoms. The van der Waals surface area contributed by atoms with Crippen molar-refractivity contribution in [3.63, 3.8) is 0 Å². The lowest BCUT2D eigenvalue weighted by Crippen LogP contribution is -2.08. The van der Waals surface area contributed by atoms with E-state index in [0.717, 1.165) is 10.9 Å². The summed E-state index contributed by atoms with van der Waals surface area (Å²) in [6, 6.07) is 6.13. The first-order valence-electron chi connectivity index (χ1n) is 6.83. The monoisotopic (exact) mass is 337 g/mol. The summed E-state index contributed by atoms with van der Waals surface area (Å²) in [5, 5.41) is 14.7. The third kappa shape index (κ3) is 2.90. The van der Waals surface area contributed by atoms with Crippen LogP contribution in [0.2, 0.25) is 0 Å². The van der Waals surface area contributed by atoms with E-state index < -0.39 is 17.8 Å². The van der Waals surface area contributed by atoms with Crippen molar-refractivity contribution in [1.29, 1.82) is 0 Å². The number of ether oxygens (including phenoxy) is 1. The van der Waals surface area contributed by atoms with E-state index in [-0.39, 0.29) is 18.0 Å². The lowest BCUT2D eigenvalue weighted by molar-refractivity contribution is -0.141. The van der Waals surface area contributed by atoms with Crippen LogP contribution in [0.1, 0.15) is 23.1 Å². The number of halogens is 3. The normalized spacial score (nSPS) is 11.7. The first-order valence-corrected chi connectivity index (χ1v) is 6.83. The molecule has 0 aliphatic rings. The van der Waals surface area contributed by atoms with Gasteiger partial charge in [0.1, 0.15) is 0 Å². The number of hydrogen-bond acceptors (Lipinski definition) is 6. The Morgan fingerprint density at radius 2 is 2.04 bits per heavy atom. The average molecular weight is 337 g/mol. The van der Waals surface area contributed by atoms with Crippen LogP contribution in [0.4, 0.5) is 13.2 Å². The Labute approximate surface area is 133 Å². The number of carbonyl (C=O) groups is 1. The molecule has 0 saturated carbocycles. The molecule has 0 atom stereocenters. The first kappa shape index (κ1) is 15.8. The highest BCUT2D eigenvalue weighted by molar-refractivity contribution is 5.94. The predicted octanol–water partition coefficient (Wildman–Crippen LogP) is 2.41. The summed E-state index contributed by atoms with van der Waals surface area (Å²) in [6.07, 6.45) is -3.84. The summed E-state index contributed by atoms with van der Waals surface area (Å²) in [4.78, 5) is 11.8. The smallest absolute Gasteiger partial charge is 0.436 e. The van der Waals surface area contributed by atoms with Gasteiger partial charge in [0, 0.05) is 5.39 Å². The van der Waals surface area contributed by atoms with Crippen molar-refractivity contribution in [1.82, 2.24) is 25.2 Å². The minimum Gasteiger partial charge on any atom is -0.461 e. The molecule has 0 bridgehead atoms. The lowest BCUT2D eigenvalue weighted by Gasteiger charge is -2.06. The summed E-state index contributed by atoms with van der Waals surface area (Å²) in [6.45, 7) is 1.81. The van der Waals surface area contributed by atoms with E-state index in [9.17, 15) is 18.0 Å². The number of hydrogen-bond donors (Lipinski definition) is 0. The van der Waals surface area contributed by atoms with Crippen molar-refractivity contribution >= 4 is 16.9 Å². The van der Waals surface area contributed by atoms with Crippen molar-refractivity contribution < 1.29 is 22.7 Å². The van der Waals surface area contributed by atoms with Crippen molar-refractivity contribution in [3.05, 3.63) is 41.9 Å². The Hall–Kier alpha value is -3.04. The molecule has 0 unspecified atom stereocenters. The van der Waals surface area contributed by atoms with Crippen molar-refractivity contribution in [2.24, 2.45) is 0 Å². The summed E-state index contributed by atoms with van der Waals surface area (Å²) in [5.41, 5.74) is -0.486. The van der Waals surface area contributed by atoms with E-state index in [1.165, 1.54) is 12.1 Å². The molecule has 2 aromatic heterocycles. The number of benzene rings is 1. The molecule has 0 radical (unpaired) electrons. The third-order valence-corrected chi connectivity index (χ3v) is 3.12. The molecule has 24 heavy (non-hydrogen) atoms. The van der Waals surface area contributed by atoms with Crippen molar-refractivity contribution in [2.75, 3.05) is 6.61 Å². The van der Waals surface area contributed by atoms with E-state index in [4.69, 9.17) is 4.74 Å². The molecule has 0 amide bonds. The number of nitrogens with zero attached hydrogens (tertiary/aromatic N) is 5. The molecular formula is C14H10F3N5O2. The van der Waals surface area contributed by atoms with Gasteiger partial charge in [-0.15, -0.1) is 15.3 Å². The quantitative estimate of drug-likeness (QED) is 0.683. The van der Waals surface area contributed by atoms with E-state index >= 15 is 0 Å². The minimum absolute atomic E-state index is 0.0482. The SMILES string of the molecule is CCOC(=O)c1cc2c(-n3cc(C(F)(F)F)nn3)cccc2nn1. The number of esters is 1. The highest BCUT2D eigenvalue weighted by Crippen LogP contribution is 2.28. The van der Waals surface area contributed by atoms with Gasteiger partial charge in [-0.25, -0.2) is 9.48 Å². The zero-order valence-corrected chi connectivity index (χ0v) is 12.3. The summed E-state index contributed by atoms with van der Waals surface area (Å²) >= 11 is 0. The highest BCUT2D eigenvalue weighted by Gasteiger charge is 2.34.